The summed E-state index contributed by atoms with van der Waals surface area (Å²) < 4.78 is 21.5. The average Bonchev–Trinajstić information content (AvgIpc) is 1.90. The second kappa shape index (κ2) is 1.29. The molecule has 1 aliphatic carbocycles. The Morgan fingerprint density at radius 1 is 1.11 bits per heavy atom. The molecule has 1 fully saturated rings. The number of hydrogen-bond donors (Lipinski definition) is 0. The molecule has 0 aromatic carbocycles. The molecule has 0 N–H and O–H groups in total. The number of rotatable bonds is 0. The fourth-order valence-corrected chi connectivity index (χ4v) is 2.51. The third kappa shape index (κ3) is 0.645. The molecule has 0 bridgehead atoms. The Morgan fingerprint density at radius 3 is 1.78 bits per heavy atom. The van der Waals surface area contributed by atoms with Gasteiger partial charge in [-0.15, -0.1) is 0 Å². The zero-order valence-corrected chi connectivity index (χ0v) is 5.61. The van der Waals surface area contributed by atoms with Gasteiger partial charge in [0.2, 0.25) is 0 Å². The van der Waals surface area contributed by atoms with Crippen molar-refractivity contribution in [2.24, 2.45) is 0 Å². The maximum absolute atomic E-state index is 10.7. The van der Waals surface area contributed by atoms with Gasteiger partial charge in [0.25, 0.3) is 0 Å². The summed E-state index contributed by atoms with van der Waals surface area (Å²) in [5, 5.41) is 2.73. The fourth-order valence-electron chi connectivity index (χ4n) is 1.11. The van der Waals surface area contributed by atoms with Gasteiger partial charge in [-0.25, -0.2) is 8.42 Å². The van der Waals surface area contributed by atoms with Crippen LogP contribution in [0, 0.1) is 0 Å². The Morgan fingerprint density at radius 2 is 1.56 bits per heavy atom. The third-order valence-electron chi connectivity index (χ3n) is 1.69. The molecular formula is C6H6O2S. The van der Waals surface area contributed by atoms with Gasteiger partial charge in [0.15, 0.2) is 9.84 Å². The Kier molecular flexibility index (Phi) is 0.750. The zero-order chi connectivity index (χ0) is 6.48. The maximum Gasteiger partial charge on any atom is 0.193 e. The normalized spacial score (nSPS) is 28.0. The van der Waals surface area contributed by atoms with Crippen molar-refractivity contribution in [1.82, 2.24) is 0 Å². The Bertz CT molecular complexity index is 280. The first kappa shape index (κ1) is 5.23. The topological polar surface area (TPSA) is 34.1 Å². The van der Waals surface area contributed by atoms with E-state index < -0.39 is 9.84 Å². The van der Waals surface area contributed by atoms with E-state index in [2.05, 4.69) is 0 Å². The van der Waals surface area contributed by atoms with E-state index in [0.717, 1.165) is 24.0 Å². The minimum atomic E-state index is -2.91. The summed E-state index contributed by atoms with van der Waals surface area (Å²) >= 11 is 0. The van der Waals surface area contributed by atoms with Crippen LogP contribution in [0.3, 0.4) is 0 Å². The van der Waals surface area contributed by atoms with Gasteiger partial charge >= 0.3 is 0 Å². The first-order valence-electron chi connectivity index (χ1n) is 2.84. The van der Waals surface area contributed by atoms with Crippen molar-refractivity contribution >= 4 is 9.84 Å². The van der Waals surface area contributed by atoms with Gasteiger partial charge in [0.1, 0.15) is 0 Å². The summed E-state index contributed by atoms with van der Waals surface area (Å²) in [6, 6.07) is 0. The van der Waals surface area contributed by atoms with Crippen LogP contribution >= 0.6 is 0 Å². The minimum absolute atomic E-state index is 0.949. The van der Waals surface area contributed by atoms with Crippen LogP contribution in [0.5, 0.6) is 0 Å². The molecule has 0 unspecified atom stereocenters. The standard InChI is InChI=1S/C6H6O2S/c7-9(8)3-5-1-2-6(5)4-9/h3-4H,1-2H2. The molecule has 0 radical (unpaired) electrons. The molecule has 0 aromatic heterocycles. The largest absolute Gasteiger partial charge is 0.220 e. The second-order valence-corrected chi connectivity index (χ2v) is 4.02. The quantitative estimate of drug-likeness (QED) is 0.505. The molecular weight excluding hydrogens is 136 g/mol. The first-order valence-corrected chi connectivity index (χ1v) is 4.45. The van der Waals surface area contributed by atoms with Crippen molar-refractivity contribution in [2.75, 3.05) is 0 Å². The van der Waals surface area contributed by atoms with Gasteiger partial charge in [-0.2, -0.15) is 0 Å². The first-order chi connectivity index (χ1) is 4.17. The zero-order valence-electron chi connectivity index (χ0n) is 4.79. The molecule has 1 heterocycles. The molecule has 0 atom stereocenters. The number of allylic oxidation sites excluding steroid dienone is 2. The van der Waals surface area contributed by atoms with Crippen LogP contribution in [0.2, 0.25) is 0 Å². The van der Waals surface area contributed by atoms with E-state index in [1.807, 2.05) is 0 Å². The highest BCUT2D eigenvalue weighted by Gasteiger charge is 2.26. The molecule has 2 nitrogen and oxygen atoms in total. The lowest BCUT2D eigenvalue weighted by atomic mass is 9.89. The van der Waals surface area contributed by atoms with Crippen LogP contribution in [-0.2, 0) is 9.84 Å². The van der Waals surface area contributed by atoms with E-state index in [1.54, 1.807) is 0 Å². The van der Waals surface area contributed by atoms with Crippen molar-refractivity contribution in [3.05, 3.63) is 22.0 Å². The maximum atomic E-state index is 10.7. The number of fused-ring (bicyclic) bond motifs is 1. The van der Waals surface area contributed by atoms with Crippen LogP contribution in [0.1, 0.15) is 12.8 Å². The summed E-state index contributed by atoms with van der Waals surface area (Å²) in [6.45, 7) is 0. The van der Waals surface area contributed by atoms with E-state index in [4.69, 9.17) is 0 Å². The minimum Gasteiger partial charge on any atom is -0.220 e. The second-order valence-electron chi connectivity index (χ2n) is 2.38. The van der Waals surface area contributed by atoms with E-state index in [0.29, 0.717) is 0 Å². The molecule has 1 aliphatic heterocycles. The van der Waals surface area contributed by atoms with Gasteiger partial charge in [-0.05, 0) is 24.0 Å². The van der Waals surface area contributed by atoms with E-state index in [9.17, 15) is 8.42 Å². The smallest absolute Gasteiger partial charge is 0.193 e. The Labute approximate surface area is 53.8 Å². The van der Waals surface area contributed by atoms with Crippen molar-refractivity contribution in [1.29, 1.82) is 0 Å². The highest BCUT2D eigenvalue weighted by molar-refractivity contribution is 7.97. The Balaban J connectivity index is 2.65. The highest BCUT2D eigenvalue weighted by Crippen LogP contribution is 2.38. The summed E-state index contributed by atoms with van der Waals surface area (Å²) in [6.07, 6.45) is 1.90. The summed E-state index contributed by atoms with van der Waals surface area (Å²) in [5.41, 5.74) is 2.05. The SMILES string of the molecule is O=S1(=O)C=C2CCC2=C1. The highest BCUT2D eigenvalue weighted by atomic mass is 32.2. The van der Waals surface area contributed by atoms with Crippen molar-refractivity contribution in [3.8, 4) is 0 Å². The van der Waals surface area contributed by atoms with Crippen LogP contribution in [0.15, 0.2) is 22.0 Å². The van der Waals surface area contributed by atoms with Crippen LogP contribution < -0.4 is 0 Å². The monoisotopic (exact) mass is 142 g/mol. The van der Waals surface area contributed by atoms with Crippen molar-refractivity contribution < 1.29 is 8.42 Å². The van der Waals surface area contributed by atoms with Crippen molar-refractivity contribution in [2.45, 2.75) is 12.8 Å². The molecule has 0 aromatic rings. The molecule has 0 saturated heterocycles. The van der Waals surface area contributed by atoms with Crippen LogP contribution in [-0.4, -0.2) is 8.42 Å². The predicted octanol–water partition coefficient (Wildman–Crippen LogP) is 0.976. The lowest BCUT2D eigenvalue weighted by Crippen LogP contribution is -1.97. The molecule has 1 saturated carbocycles. The third-order valence-corrected chi connectivity index (χ3v) is 2.92. The molecule has 0 amide bonds. The van der Waals surface area contributed by atoms with Crippen LogP contribution in [0.4, 0.5) is 0 Å². The molecule has 2 rings (SSSR count). The van der Waals surface area contributed by atoms with Crippen molar-refractivity contribution in [3.63, 3.8) is 0 Å². The molecule has 3 heteroatoms. The summed E-state index contributed by atoms with van der Waals surface area (Å²) in [5.74, 6) is 0. The Hall–Kier alpha value is -0.570. The van der Waals surface area contributed by atoms with Gasteiger partial charge in [-0.1, -0.05) is 0 Å². The lowest BCUT2D eigenvalue weighted by molar-refractivity contribution is 0.613. The predicted molar refractivity (Wildman–Crippen MR) is 34.3 cm³/mol. The van der Waals surface area contributed by atoms with Gasteiger partial charge in [0.05, 0.1) is 0 Å². The summed E-state index contributed by atoms with van der Waals surface area (Å²) in [7, 11) is -2.91. The molecule has 9 heavy (non-hydrogen) atoms. The average molecular weight is 142 g/mol. The molecule has 48 valence electrons. The number of sulfone groups is 1. The van der Waals surface area contributed by atoms with Crippen LogP contribution in [0.25, 0.3) is 0 Å². The summed E-state index contributed by atoms with van der Waals surface area (Å²) in [4.78, 5) is 0. The van der Waals surface area contributed by atoms with Gasteiger partial charge < -0.3 is 0 Å². The van der Waals surface area contributed by atoms with E-state index >= 15 is 0 Å². The molecule has 0 spiro atoms. The van der Waals surface area contributed by atoms with Gasteiger partial charge in [-0.3, -0.25) is 0 Å². The van der Waals surface area contributed by atoms with E-state index in [1.165, 1.54) is 10.8 Å². The van der Waals surface area contributed by atoms with Gasteiger partial charge in [0, 0.05) is 10.8 Å². The molecule has 2 aliphatic rings. The van der Waals surface area contributed by atoms with E-state index in [-0.39, 0.29) is 0 Å². The number of hydrogen-bond acceptors (Lipinski definition) is 2. The lowest BCUT2D eigenvalue weighted by Gasteiger charge is -2.15. The fraction of sp³-hybridized carbons (Fsp3) is 0.333.